The van der Waals surface area contributed by atoms with Crippen LogP contribution in [0.2, 0.25) is 111 Å². The van der Waals surface area contributed by atoms with Gasteiger partial charge >= 0.3 is 0 Å². The van der Waals surface area contributed by atoms with E-state index in [1.807, 2.05) is 0 Å². The van der Waals surface area contributed by atoms with Crippen LogP contribution in [0.5, 0.6) is 0 Å². The van der Waals surface area contributed by atoms with Crippen molar-refractivity contribution in [3.8, 4) is 0 Å². The van der Waals surface area contributed by atoms with Crippen LogP contribution in [0.3, 0.4) is 0 Å². The number of rotatable bonds is 12. The molecule has 0 aromatic heterocycles. The van der Waals surface area contributed by atoms with Crippen molar-refractivity contribution in [2.24, 2.45) is 0 Å². The SMILES string of the molecule is C.C[SiH2][SiH](C)N([SiH3])[SiH3].C[SiH2][SiH](C)N([SiH](C)C)[SiH](C)C.C[SiH](C)N([SiH](C)C)[SiH](C)[SiH3].C[SiH](C)[SiH2]N([SiH3])[SiH3].C[Si](C)([SiH3])N([SiH3])[SiH3]. The first kappa shape index (κ1) is 59.3. The summed E-state index contributed by atoms with van der Waals surface area (Å²) in [5.74, 6) is 0. The van der Waals surface area contributed by atoms with Gasteiger partial charge in [0, 0.05) is 45.9 Å². The minimum atomic E-state index is -0.639. The monoisotopic (exact) mass is 939 g/mol. The van der Waals surface area contributed by atoms with Crippen molar-refractivity contribution in [3.05, 3.63) is 0 Å². The first-order chi connectivity index (χ1) is 18.7. The van der Waals surface area contributed by atoms with Gasteiger partial charge in [-0.25, -0.2) is 0 Å². The average Bonchev–Trinajstić information content (AvgIpc) is 2.77. The predicted molar refractivity (Wildman–Crippen MR) is 284 cm³/mol. The van der Waals surface area contributed by atoms with Gasteiger partial charge in [0.05, 0.1) is 141 Å². The van der Waals surface area contributed by atoms with Crippen molar-refractivity contribution in [1.82, 2.24) is 19.5 Å². The Kier molecular flexibility index (Phi) is 47.7. The quantitative estimate of drug-likeness (QED) is 0.181. The lowest BCUT2D eigenvalue weighted by Crippen LogP contribution is -2.53. The Morgan fingerprint density at radius 2 is 0.837 bits per heavy atom. The average molecular weight is 942 g/mol. The Morgan fingerprint density at radius 1 is 0.558 bits per heavy atom. The normalized spacial score (nSPS) is 15.1. The van der Waals surface area contributed by atoms with Gasteiger partial charge in [-0.1, -0.05) is 119 Å². The highest BCUT2D eigenvalue weighted by Crippen LogP contribution is 2.03. The van der Waals surface area contributed by atoms with Crippen molar-refractivity contribution in [3.63, 3.8) is 0 Å². The van der Waals surface area contributed by atoms with Crippen LogP contribution in [-0.4, -0.2) is 206 Å². The molecule has 0 spiro atoms. The molecule has 25 heteroatoms. The molecule has 43 heavy (non-hydrogen) atoms. The molecule has 0 saturated carbocycles. The number of hydrogen-bond acceptors (Lipinski definition) is 5. The highest BCUT2D eigenvalue weighted by Gasteiger charge is 2.20. The van der Waals surface area contributed by atoms with E-state index >= 15 is 0 Å². The van der Waals surface area contributed by atoms with Crippen LogP contribution in [0, 0.1) is 0 Å². The van der Waals surface area contributed by atoms with E-state index in [0.717, 1.165) is 0 Å². The van der Waals surface area contributed by atoms with Crippen molar-refractivity contribution < 1.29 is 0 Å². The summed E-state index contributed by atoms with van der Waals surface area (Å²) in [4.78, 5) is 0. The van der Waals surface area contributed by atoms with Crippen LogP contribution in [0.25, 0.3) is 0 Å². The lowest BCUT2D eigenvalue weighted by molar-refractivity contribution is 1.02. The standard InChI is InChI=1S/C6H23NSi4.C5H21NSi4.3C2H15NSi4.CH4/c1-8-11(6)7(9(2)3)10(4)5;1-8(2)6(9(3)4)10(5)7;1-7(2,6)3(4)5;1-7(2)6-3(4)5;1-6-7(2)3(4)5;/h9-11H,8H2,1-6H3;8-10H,1-5,7H3;1-2,4-6H3;2*7H,6H2,1-2,4-5H3;1H4. The molecule has 0 N–H and O–H groups in total. The molecule has 3 unspecified atom stereocenters. The molecule has 0 aliphatic heterocycles. The highest BCUT2D eigenvalue weighted by molar-refractivity contribution is 7.17. The zero-order chi connectivity index (χ0) is 35.1. The smallest absolute Gasteiger partial charge is 0.0911 e. The fourth-order valence-corrected chi connectivity index (χ4v) is 84.2. The summed E-state index contributed by atoms with van der Waals surface area (Å²) in [5, 5.41) is 0. The van der Waals surface area contributed by atoms with E-state index in [9.17, 15) is 0 Å². The second kappa shape index (κ2) is 34.6. The van der Waals surface area contributed by atoms with E-state index in [0.29, 0.717) is 27.3 Å². The molecule has 0 amide bonds. The lowest BCUT2D eigenvalue weighted by Gasteiger charge is -2.34. The van der Waals surface area contributed by atoms with Crippen molar-refractivity contribution in [1.29, 1.82) is 0 Å². The Labute approximate surface area is 321 Å². The van der Waals surface area contributed by atoms with Gasteiger partial charge in [0.15, 0.2) is 0 Å². The van der Waals surface area contributed by atoms with Gasteiger partial charge in [0.25, 0.3) is 0 Å². The van der Waals surface area contributed by atoms with Gasteiger partial charge in [-0.2, -0.15) is 0 Å². The van der Waals surface area contributed by atoms with E-state index in [4.69, 9.17) is 0 Å². The Bertz CT molecular complexity index is 536. The van der Waals surface area contributed by atoms with Gasteiger partial charge in [-0.3, -0.25) is 0 Å². The van der Waals surface area contributed by atoms with Crippen LogP contribution in [-0.2, 0) is 0 Å². The van der Waals surface area contributed by atoms with Crippen molar-refractivity contribution in [2.75, 3.05) is 0 Å². The molecule has 0 radical (unpaired) electrons. The lowest BCUT2D eigenvalue weighted by atomic mass is 11.9. The highest BCUT2D eigenvalue weighted by atomic mass is 29.2. The van der Waals surface area contributed by atoms with E-state index in [2.05, 4.69) is 131 Å². The second-order valence-corrected chi connectivity index (χ2v) is 100. The van der Waals surface area contributed by atoms with Crippen molar-refractivity contribution in [2.45, 2.75) is 119 Å². The molecule has 0 aromatic rings. The molecule has 0 saturated heterocycles. The van der Waals surface area contributed by atoms with Crippen LogP contribution >= 0.6 is 0 Å². The van der Waals surface area contributed by atoms with E-state index in [-0.39, 0.29) is 41.2 Å². The van der Waals surface area contributed by atoms with Crippen LogP contribution in [0.1, 0.15) is 7.43 Å². The first-order valence-electron chi connectivity index (χ1n) is 17.3. The maximum Gasteiger partial charge on any atom is 0.0911 e. The van der Waals surface area contributed by atoms with E-state index in [1.54, 1.807) is 0 Å². The number of hydrogen-bond donors (Lipinski definition) is 0. The summed E-state index contributed by atoms with van der Waals surface area (Å²) in [5.41, 5.74) is 0. The molecule has 0 aliphatic carbocycles. The van der Waals surface area contributed by atoms with Gasteiger partial charge in [0.1, 0.15) is 0 Å². The minimum absolute atomic E-state index is 0. The number of nitrogens with zero attached hydrogens (tertiary/aromatic N) is 5. The molecule has 3 atom stereocenters. The Balaban J connectivity index is -0.000000100. The van der Waals surface area contributed by atoms with Gasteiger partial charge in [-0.05, 0) is 0 Å². The van der Waals surface area contributed by atoms with E-state index < -0.39 is 43.6 Å². The Morgan fingerprint density at radius 3 is 0.860 bits per heavy atom. The van der Waals surface area contributed by atoms with Crippen LogP contribution < -0.4 is 0 Å². The summed E-state index contributed by atoms with van der Waals surface area (Å²) in [6.07, 6.45) is 0. The maximum absolute atomic E-state index is 3.03. The third kappa shape index (κ3) is 42.2. The zero-order valence-electron chi connectivity index (χ0n) is 34.5. The largest absolute Gasteiger partial charge is 0.390 e. The molecule has 270 valence electrons. The summed E-state index contributed by atoms with van der Waals surface area (Å²) >= 11 is 0. The van der Waals surface area contributed by atoms with Crippen LogP contribution in [0.4, 0.5) is 0 Å². The minimum Gasteiger partial charge on any atom is -0.390 e. The molecule has 0 fully saturated rings. The first-order valence-corrected chi connectivity index (χ1v) is 65.6. The topological polar surface area (TPSA) is 16.2 Å². The molecule has 0 heterocycles. The second-order valence-electron chi connectivity index (χ2n) is 15.6. The zero-order valence-corrected chi connectivity index (χ0v) is 65.0. The fourth-order valence-electron chi connectivity index (χ4n) is 4.71. The summed E-state index contributed by atoms with van der Waals surface area (Å²) in [7, 11) is 8.95. The molecular weight excluding hydrogens is 848 g/mol. The van der Waals surface area contributed by atoms with Crippen LogP contribution in [0.15, 0.2) is 0 Å². The van der Waals surface area contributed by atoms with E-state index in [1.165, 1.54) is 81.9 Å². The maximum atomic E-state index is 3.03. The van der Waals surface area contributed by atoms with Gasteiger partial charge in [-0.15, -0.1) is 0 Å². The fraction of sp³-hybridized carbons (Fsp3) is 1.00. The molecule has 0 bridgehead atoms. The summed E-state index contributed by atoms with van der Waals surface area (Å²) in [6.45, 7) is 42.3. The van der Waals surface area contributed by atoms with Gasteiger partial charge < -0.3 is 19.5 Å². The summed E-state index contributed by atoms with van der Waals surface area (Å²) < 4.78 is 14.1. The third-order valence-electron chi connectivity index (χ3n) is 7.63. The molecule has 0 aliphatic rings. The summed E-state index contributed by atoms with van der Waals surface area (Å²) in [6, 6.07) is 0. The Hall–Kier alpha value is 4.14. The molecule has 0 rings (SSSR count). The van der Waals surface area contributed by atoms with Crippen molar-refractivity contribution >= 4 is 187 Å². The predicted octanol–water partition coefficient (Wildman–Crippen LogP) is -8.82. The molecule has 0 aromatic carbocycles. The molecule has 5 nitrogen and oxygen atoms in total. The third-order valence-corrected chi connectivity index (χ3v) is 99.0. The van der Waals surface area contributed by atoms with Gasteiger partial charge in [0.2, 0.25) is 0 Å². The molecular formula is C18H93N5Si20.